The van der Waals surface area contributed by atoms with Crippen molar-refractivity contribution in [2.75, 3.05) is 17.7 Å². The molecule has 2 amide bonds. The summed E-state index contributed by atoms with van der Waals surface area (Å²) in [7, 11) is 1.54. The second kappa shape index (κ2) is 7.88. The minimum atomic E-state index is -0.346. The summed E-state index contributed by atoms with van der Waals surface area (Å²) in [5.41, 5.74) is 1.26. The Morgan fingerprint density at radius 3 is 2.16 bits per heavy atom. The van der Waals surface area contributed by atoms with Gasteiger partial charge in [-0.05, 0) is 36.4 Å². The van der Waals surface area contributed by atoms with Crippen molar-refractivity contribution in [3.8, 4) is 17.2 Å². The van der Waals surface area contributed by atoms with Gasteiger partial charge in [-0.3, -0.25) is 0 Å². The van der Waals surface area contributed by atoms with Gasteiger partial charge in [0, 0.05) is 11.8 Å². The highest BCUT2D eigenvalue weighted by molar-refractivity contribution is 6.00. The lowest BCUT2D eigenvalue weighted by atomic mass is 10.2. The molecule has 2 N–H and O–H groups in total. The van der Waals surface area contributed by atoms with Crippen molar-refractivity contribution in [3.63, 3.8) is 0 Å². The maximum absolute atomic E-state index is 12.1. The zero-order valence-electron chi connectivity index (χ0n) is 13.7. The first kappa shape index (κ1) is 16.4. The van der Waals surface area contributed by atoms with E-state index in [0.29, 0.717) is 22.9 Å². The van der Waals surface area contributed by atoms with E-state index in [9.17, 15) is 4.79 Å². The van der Waals surface area contributed by atoms with Crippen LogP contribution in [0.5, 0.6) is 17.2 Å². The fourth-order valence-electron chi connectivity index (χ4n) is 2.27. The van der Waals surface area contributed by atoms with Crippen LogP contribution < -0.4 is 20.1 Å². The van der Waals surface area contributed by atoms with Crippen LogP contribution in [0.2, 0.25) is 0 Å². The van der Waals surface area contributed by atoms with Gasteiger partial charge < -0.3 is 20.1 Å². The van der Waals surface area contributed by atoms with E-state index in [2.05, 4.69) is 10.6 Å². The van der Waals surface area contributed by atoms with E-state index in [1.54, 1.807) is 25.3 Å². The summed E-state index contributed by atoms with van der Waals surface area (Å²) in [6, 6.07) is 23.6. The second-order valence-corrected chi connectivity index (χ2v) is 5.22. The standard InChI is InChI=1S/C20H18N2O3/c1-24-19-14-17(25-16-10-6-3-7-11-16)12-13-18(19)22-20(23)21-15-8-4-2-5-9-15/h2-14H,1H3,(H2,21,22,23). The Balaban J connectivity index is 1.70. The highest BCUT2D eigenvalue weighted by Gasteiger charge is 2.09. The van der Waals surface area contributed by atoms with Crippen LogP contribution in [0.3, 0.4) is 0 Å². The largest absolute Gasteiger partial charge is 0.494 e. The SMILES string of the molecule is COc1cc(Oc2ccccc2)ccc1NC(=O)Nc1ccccc1. The van der Waals surface area contributed by atoms with Crippen molar-refractivity contribution < 1.29 is 14.3 Å². The number of ether oxygens (including phenoxy) is 2. The lowest BCUT2D eigenvalue weighted by molar-refractivity contribution is 0.262. The molecule has 0 radical (unpaired) electrons. The van der Waals surface area contributed by atoms with Gasteiger partial charge in [-0.1, -0.05) is 36.4 Å². The molecule has 0 heterocycles. The van der Waals surface area contributed by atoms with Gasteiger partial charge in [-0.25, -0.2) is 4.79 Å². The molecule has 0 saturated carbocycles. The summed E-state index contributed by atoms with van der Waals surface area (Å²) >= 11 is 0. The molecule has 0 aromatic heterocycles. The zero-order chi connectivity index (χ0) is 17.5. The third-order valence-corrected chi connectivity index (χ3v) is 3.43. The summed E-state index contributed by atoms with van der Waals surface area (Å²) in [6.07, 6.45) is 0. The van der Waals surface area contributed by atoms with Crippen LogP contribution in [-0.4, -0.2) is 13.1 Å². The summed E-state index contributed by atoms with van der Waals surface area (Å²) in [6.45, 7) is 0. The molecule has 5 nitrogen and oxygen atoms in total. The molecule has 0 fully saturated rings. The van der Waals surface area contributed by atoms with Crippen molar-refractivity contribution in [1.29, 1.82) is 0 Å². The third-order valence-electron chi connectivity index (χ3n) is 3.43. The van der Waals surface area contributed by atoms with E-state index in [1.165, 1.54) is 0 Å². The van der Waals surface area contributed by atoms with Gasteiger partial charge >= 0.3 is 6.03 Å². The monoisotopic (exact) mass is 334 g/mol. The van der Waals surface area contributed by atoms with E-state index in [-0.39, 0.29) is 6.03 Å². The van der Waals surface area contributed by atoms with E-state index in [4.69, 9.17) is 9.47 Å². The molecular formula is C20H18N2O3. The topological polar surface area (TPSA) is 59.6 Å². The number of para-hydroxylation sites is 2. The van der Waals surface area contributed by atoms with E-state index >= 15 is 0 Å². The number of amides is 2. The maximum atomic E-state index is 12.1. The molecule has 0 aliphatic heterocycles. The summed E-state index contributed by atoms with van der Waals surface area (Å²) in [5.74, 6) is 1.86. The Morgan fingerprint density at radius 2 is 1.48 bits per heavy atom. The van der Waals surface area contributed by atoms with Crippen LogP contribution >= 0.6 is 0 Å². The molecule has 0 atom stereocenters. The predicted molar refractivity (Wildman–Crippen MR) is 98.6 cm³/mol. The van der Waals surface area contributed by atoms with Crippen LogP contribution in [0.25, 0.3) is 0 Å². The van der Waals surface area contributed by atoms with E-state index < -0.39 is 0 Å². The first-order valence-corrected chi connectivity index (χ1v) is 7.78. The van der Waals surface area contributed by atoms with Crippen LogP contribution in [0.1, 0.15) is 0 Å². The number of hydrogen-bond acceptors (Lipinski definition) is 3. The summed E-state index contributed by atoms with van der Waals surface area (Å²) < 4.78 is 11.1. The molecule has 0 spiro atoms. The Hall–Kier alpha value is -3.47. The number of methoxy groups -OCH3 is 1. The number of hydrogen-bond donors (Lipinski definition) is 2. The minimum Gasteiger partial charge on any atom is -0.494 e. The Labute approximate surface area is 146 Å². The molecule has 5 heteroatoms. The van der Waals surface area contributed by atoms with Gasteiger partial charge in [0.2, 0.25) is 0 Å². The fourth-order valence-corrected chi connectivity index (χ4v) is 2.27. The first-order chi connectivity index (χ1) is 12.2. The van der Waals surface area contributed by atoms with E-state index in [0.717, 1.165) is 5.75 Å². The van der Waals surface area contributed by atoms with Crippen molar-refractivity contribution in [2.45, 2.75) is 0 Å². The smallest absolute Gasteiger partial charge is 0.323 e. The second-order valence-electron chi connectivity index (χ2n) is 5.22. The van der Waals surface area contributed by atoms with Crippen LogP contribution in [0.4, 0.5) is 16.2 Å². The fraction of sp³-hybridized carbons (Fsp3) is 0.0500. The number of carbonyl (C=O) groups is 1. The number of benzene rings is 3. The number of carbonyl (C=O) groups excluding carboxylic acids is 1. The Kier molecular flexibility index (Phi) is 5.16. The molecule has 3 aromatic carbocycles. The zero-order valence-corrected chi connectivity index (χ0v) is 13.7. The van der Waals surface area contributed by atoms with Gasteiger partial charge in [-0.15, -0.1) is 0 Å². The summed E-state index contributed by atoms with van der Waals surface area (Å²) in [5, 5.41) is 5.53. The highest BCUT2D eigenvalue weighted by atomic mass is 16.5. The molecule has 0 unspecified atom stereocenters. The molecule has 0 bridgehead atoms. The highest BCUT2D eigenvalue weighted by Crippen LogP contribution is 2.31. The van der Waals surface area contributed by atoms with Crippen molar-refractivity contribution in [1.82, 2.24) is 0 Å². The van der Waals surface area contributed by atoms with Crippen LogP contribution in [-0.2, 0) is 0 Å². The normalized spacial score (nSPS) is 9.96. The molecular weight excluding hydrogens is 316 g/mol. The molecule has 3 aromatic rings. The average Bonchev–Trinajstić information content (AvgIpc) is 2.64. The van der Waals surface area contributed by atoms with Crippen LogP contribution in [0.15, 0.2) is 78.9 Å². The van der Waals surface area contributed by atoms with Crippen molar-refractivity contribution >= 4 is 17.4 Å². The predicted octanol–water partition coefficient (Wildman–Crippen LogP) is 5.13. The van der Waals surface area contributed by atoms with E-state index in [1.807, 2.05) is 60.7 Å². The number of rotatable bonds is 5. The Bertz CT molecular complexity index is 836. The Morgan fingerprint density at radius 1 is 0.800 bits per heavy atom. The van der Waals surface area contributed by atoms with Gasteiger partial charge in [0.15, 0.2) is 0 Å². The van der Waals surface area contributed by atoms with Gasteiger partial charge in [0.05, 0.1) is 12.8 Å². The molecule has 25 heavy (non-hydrogen) atoms. The maximum Gasteiger partial charge on any atom is 0.323 e. The van der Waals surface area contributed by atoms with Gasteiger partial charge in [0.25, 0.3) is 0 Å². The quantitative estimate of drug-likeness (QED) is 0.680. The number of nitrogens with one attached hydrogen (secondary N) is 2. The van der Waals surface area contributed by atoms with Crippen LogP contribution in [0, 0.1) is 0 Å². The van der Waals surface area contributed by atoms with Crippen molar-refractivity contribution in [3.05, 3.63) is 78.9 Å². The molecule has 0 aliphatic carbocycles. The summed E-state index contributed by atoms with van der Waals surface area (Å²) in [4.78, 5) is 12.1. The molecule has 3 rings (SSSR count). The number of anilines is 2. The molecule has 0 aliphatic rings. The molecule has 0 saturated heterocycles. The first-order valence-electron chi connectivity index (χ1n) is 7.78. The average molecular weight is 334 g/mol. The minimum absolute atomic E-state index is 0.346. The lowest BCUT2D eigenvalue weighted by Crippen LogP contribution is -2.19. The third kappa shape index (κ3) is 4.51. The van der Waals surface area contributed by atoms with Crippen molar-refractivity contribution in [2.24, 2.45) is 0 Å². The lowest BCUT2D eigenvalue weighted by Gasteiger charge is -2.13. The van der Waals surface area contributed by atoms with Gasteiger partial charge in [-0.2, -0.15) is 0 Å². The van der Waals surface area contributed by atoms with Gasteiger partial charge in [0.1, 0.15) is 17.2 Å². The number of urea groups is 1. The molecule has 126 valence electrons.